The number of halogens is 1. The number of anilines is 1. The number of fused-ring (bicyclic) bond motifs is 1. The third kappa shape index (κ3) is 2.57. The molecule has 0 atom stereocenters. The van der Waals surface area contributed by atoms with E-state index in [1.807, 2.05) is 13.0 Å². The number of benzene rings is 2. The van der Waals surface area contributed by atoms with Crippen molar-refractivity contribution in [3.8, 4) is 0 Å². The van der Waals surface area contributed by atoms with Crippen LogP contribution in [-0.4, -0.2) is 10.5 Å². The lowest BCUT2D eigenvalue weighted by molar-refractivity contribution is 0.102. The van der Waals surface area contributed by atoms with Gasteiger partial charge < -0.3 is 9.73 Å². The Morgan fingerprint density at radius 2 is 2.05 bits per heavy atom. The van der Waals surface area contributed by atoms with Crippen molar-refractivity contribution in [1.82, 2.24) is 4.57 Å². The summed E-state index contributed by atoms with van der Waals surface area (Å²) in [6.07, 6.45) is 0. The van der Waals surface area contributed by atoms with Gasteiger partial charge in [-0.1, -0.05) is 12.1 Å². The highest BCUT2D eigenvalue weighted by molar-refractivity contribution is 9.10. The first-order valence-electron chi connectivity index (χ1n) is 6.79. The van der Waals surface area contributed by atoms with E-state index in [1.165, 1.54) is 4.57 Å². The minimum absolute atomic E-state index is 0.232. The summed E-state index contributed by atoms with van der Waals surface area (Å²) in [4.78, 5) is 23.9. The van der Waals surface area contributed by atoms with E-state index in [0.29, 0.717) is 28.9 Å². The van der Waals surface area contributed by atoms with Gasteiger partial charge in [0.05, 0.1) is 11.1 Å². The predicted octanol–water partition coefficient (Wildman–Crippen LogP) is 3.63. The lowest BCUT2D eigenvalue weighted by Gasteiger charge is -2.06. The van der Waals surface area contributed by atoms with E-state index in [0.717, 1.165) is 4.47 Å². The molecule has 0 aliphatic heterocycles. The van der Waals surface area contributed by atoms with Crippen LogP contribution >= 0.6 is 15.9 Å². The maximum atomic E-state index is 12.3. The minimum atomic E-state index is -0.396. The Labute approximate surface area is 134 Å². The Morgan fingerprint density at radius 1 is 1.27 bits per heavy atom. The zero-order valence-corrected chi connectivity index (χ0v) is 13.4. The van der Waals surface area contributed by atoms with E-state index in [2.05, 4.69) is 21.2 Å². The molecular weight excluding hydrogens is 348 g/mol. The van der Waals surface area contributed by atoms with E-state index >= 15 is 0 Å². The number of oxazole rings is 1. The number of aromatic nitrogens is 1. The standard InChI is InChI=1S/C16H13BrN2O3/c1-2-19-13-8-7-10(9-14(13)22-16(19)21)18-15(20)11-5-3-4-6-12(11)17/h3-9H,2H2,1H3,(H,18,20). The molecule has 6 heteroatoms. The van der Waals surface area contributed by atoms with Gasteiger partial charge in [-0.15, -0.1) is 0 Å². The van der Waals surface area contributed by atoms with Crippen LogP contribution in [-0.2, 0) is 6.54 Å². The number of aryl methyl sites for hydroxylation is 1. The number of hydrogen-bond acceptors (Lipinski definition) is 3. The van der Waals surface area contributed by atoms with Crippen molar-refractivity contribution in [2.75, 3.05) is 5.32 Å². The lowest BCUT2D eigenvalue weighted by atomic mass is 10.2. The van der Waals surface area contributed by atoms with Gasteiger partial charge in [0.1, 0.15) is 0 Å². The van der Waals surface area contributed by atoms with Gasteiger partial charge in [0.25, 0.3) is 5.91 Å². The number of hydrogen-bond donors (Lipinski definition) is 1. The SMILES string of the molecule is CCn1c(=O)oc2cc(NC(=O)c3ccccc3Br)ccc21. The summed E-state index contributed by atoms with van der Waals surface area (Å²) in [6.45, 7) is 2.41. The Morgan fingerprint density at radius 3 is 2.77 bits per heavy atom. The predicted molar refractivity (Wildman–Crippen MR) is 88.2 cm³/mol. The summed E-state index contributed by atoms with van der Waals surface area (Å²) >= 11 is 3.35. The highest BCUT2D eigenvalue weighted by atomic mass is 79.9. The smallest absolute Gasteiger partial charge is 0.408 e. The van der Waals surface area contributed by atoms with Crippen molar-refractivity contribution in [3.05, 3.63) is 63.1 Å². The molecule has 3 rings (SSSR count). The summed E-state index contributed by atoms with van der Waals surface area (Å²) in [5, 5.41) is 2.80. The molecule has 1 heterocycles. The highest BCUT2D eigenvalue weighted by Crippen LogP contribution is 2.21. The number of carbonyl (C=O) groups is 1. The molecule has 1 aromatic heterocycles. The van der Waals surface area contributed by atoms with Gasteiger partial charge >= 0.3 is 5.76 Å². The summed E-state index contributed by atoms with van der Waals surface area (Å²) in [7, 11) is 0. The second-order valence-electron chi connectivity index (χ2n) is 4.73. The quantitative estimate of drug-likeness (QED) is 0.775. The van der Waals surface area contributed by atoms with Crippen molar-refractivity contribution in [2.45, 2.75) is 13.5 Å². The Balaban J connectivity index is 1.93. The fourth-order valence-corrected chi connectivity index (χ4v) is 2.75. The average Bonchev–Trinajstić information content (AvgIpc) is 2.81. The van der Waals surface area contributed by atoms with E-state index in [-0.39, 0.29) is 5.91 Å². The molecule has 0 aliphatic carbocycles. The molecule has 0 saturated heterocycles. The molecule has 0 fully saturated rings. The second kappa shape index (κ2) is 5.81. The number of rotatable bonds is 3. The molecule has 112 valence electrons. The number of amides is 1. The summed E-state index contributed by atoms with van der Waals surface area (Å²) in [6, 6.07) is 12.3. The van der Waals surface area contributed by atoms with Gasteiger partial charge in [0.15, 0.2) is 5.58 Å². The molecular formula is C16H13BrN2O3. The first kappa shape index (κ1) is 14.6. The molecule has 0 saturated carbocycles. The van der Waals surface area contributed by atoms with Gasteiger partial charge in [0.2, 0.25) is 0 Å². The van der Waals surface area contributed by atoms with Crippen molar-refractivity contribution in [3.63, 3.8) is 0 Å². The molecule has 0 bridgehead atoms. The van der Waals surface area contributed by atoms with Gasteiger partial charge in [-0.3, -0.25) is 9.36 Å². The average molecular weight is 361 g/mol. The maximum Gasteiger partial charge on any atom is 0.419 e. The Hall–Kier alpha value is -2.34. The van der Waals surface area contributed by atoms with Gasteiger partial charge in [-0.25, -0.2) is 4.79 Å². The lowest BCUT2D eigenvalue weighted by Crippen LogP contribution is -2.12. The summed E-state index contributed by atoms with van der Waals surface area (Å²) < 4.78 is 7.44. The third-order valence-corrected chi connectivity index (χ3v) is 4.05. The summed E-state index contributed by atoms with van der Waals surface area (Å²) in [5.41, 5.74) is 2.28. The van der Waals surface area contributed by atoms with Crippen LogP contribution < -0.4 is 11.1 Å². The second-order valence-corrected chi connectivity index (χ2v) is 5.58. The van der Waals surface area contributed by atoms with Crippen LogP contribution in [0.2, 0.25) is 0 Å². The molecule has 3 aromatic rings. The van der Waals surface area contributed by atoms with E-state index < -0.39 is 5.76 Å². The van der Waals surface area contributed by atoms with Crippen LogP contribution in [0.3, 0.4) is 0 Å². The fraction of sp³-hybridized carbons (Fsp3) is 0.125. The van der Waals surface area contributed by atoms with Crippen LogP contribution in [0, 0.1) is 0 Å². The van der Waals surface area contributed by atoms with Gasteiger partial charge in [0, 0.05) is 22.8 Å². The van der Waals surface area contributed by atoms with Crippen molar-refractivity contribution in [2.24, 2.45) is 0 Å². The zero-order valence-electron chi connectivity index (χ0n) is 11.8. The van der Waals surface area contributed by atoms with Crippen LogP contribution in [0.4, 0.5) is 5.69 Å². The fourth-order valence-electron chi connectivity index (χ4n) is 2.29. The molecule has 1 amide bonds. The van der Waals surface area contributed by atoms with Crippen molar-refractivity contribution >= 4 is 38.6 Å². The van der Waals surface area contributed by atoms with Gasteiger partial charge in [-0.05, 0) is 47.1 Å². The zero-order chi connectivity index (χ0) is 15.7. The van der Waals surface area contributed by atoms with Crippen LogP contribution in [0.5, 0.6) is 0 Å². The monoisotopic (exact) mass is 360 g/mol. The number of carbonyl (C=O) groups excluding carboxylic acids is 1. The molecule has 22 heavy (non-hydrogen) atoms. The topological polar surface area (TPSA) is 64.2 Å². The Bertz CT molecular complexity index is 911. The molecule has 5 nitrogen and oxygen atoms in total. The Kier molecular flexibility index (Phi) is 3.85. The van der Waals surface area contributed by atoms with Gasteiger partial charge in [-0.2, -0.15) is 0 Å². The van der Waals surface area contributed by atoms with Crippen LogP contribution in [0.25, 0.3) is 11.1 Å². The molecule has 0 aliphatic rings. The highest BCUT2D eigenvalue weighted by Gasteiger charge is 2.12. The maximum absolute atomic E-state index is 12.3. The first-order valence-corrected chi connectivity index (χ1v) is 7.58. The normalized spacial score (nSPS) is 10.8. The summed E-state index contributed by atoms with van der Waals surface area (Å²) in [5.74, 6) is -0.629. The van der Waals surface area contributed by atoms with Crippen molar-refractivity contribution < 1.29 is 9.21 Å². The van der Waals surface area contributed by atoms with E-state index in [4.69, 9.17) is 4.42 Å². The minimum Gasteiger partial charge on any atom is -0.408 e. The molecule has 0 unspecified atom stereocenters. The molecule has 0 spiro atoms. The third-order valence-electron chi connectivity index (χ3n) is 3.36. The number of nitrogens with zero attached hydrogens (tertiary/aromatic N) is 1. The van der Waals surface area contributed by atoms with Crippen molar-refractivity contribution in [1.29, 1.82) is 0 Å². The van der Waals surface area contributed by atoms with Crippen LogP contribution in [0.15, 0.2) is 56.1 Å². The largest absolute Gasteiger partial charge is 0.419 e. The molecule has 2 aromatic carbocycles. The molecule has 1 N–H and O–H groups in total. The van der Waals surface area contributed by atoms with E-state index in [1.54, 1.807) is 36.4 Å². The first-order chi connectivity index (χ1) is 10.6. The number of nitrogens with one attached hydrogen (secondary N) is 1. The molecule has 0 radical (unpaired) electrons. The van der Waals surface area contributed by atoms with E-state index in [9.17, 15) is 9.59 Å². The van der Waals surface area contributed by atoms with Crippen LogP contribution in [0.1, 0.15) is 17.3 Å².